The molecule has 6 nitrogen and oxygen atoms in total. The van der Waals surface area contributed by atoms with E-state index in [0.717, 1.165) is 24.2 Å². The number of hydrogen-bond donors (Lipinski definition) is 1. The van der Waals surface area contributed by atoms with E-state index < -0.39 is 0 Å². The lowest BCUT2D eigenvalue weighted by atomic mass is 10.0. The first-order valence-corrected chi connectivity index (χ1v) is 6.85. The van der Waals surface area contributed by atoms with E-state index in [2.05, 4.69) is 27.2 Å². The van der Waals surface area contributed by atoms with Crippen LogP contribution in [0.15, 0.2) is 30.7 Å². The molecule has 2 rings (SSSR count). The van der Waals surface area contributed by atoms with Gasteiger partial charge in [0.1, 0.15) is 5.69 Å². The van der Waals surface area contributed by atoms with Gasteiger partial charge in [0.25, 0.3) is 0 Å². The number of methoxy groups -OCH3 is 2. The molecule has 112 valence electrons. The molecule has 0 aliphatic rings. The highest BCUT2D eigenvalue weighted by atomic mass is 16.5. The third-order valence-electron chi connectivity index (χ3n) is 3.09. The standard InChI is InChI=1S/C15H20N4O2/c1-4-17-12(8-11-6-5-7-16-9-11)14-15(21-3)19-13(20-2)10-18-14/h5-7,9-10,12,17H,4,8H2,1-3H3. The Bertz CT molecular complexity index is 563. The average Bonchev–Trinajstić information content (AvgIpc) is 2.55. The molecular weight excluding hydrogens is 268 g/mol. The van der Waals surface area contributed by atoms with Crippen LogP contribution in [-0.2, 0) is 6.42 Å². The molecule has 0 spiro atoms. The van der Waals surface area contributed by atoms with Crippen LogP contribution in [0.3, 0.4) is 0 Å². The van der Waals surface area contributed by atoms with Gasteiger partial charge in [-0.1, -0.05) is 13.0 Å². The Morgan fingerprint density at radius 1 is 1.24 bits per heavy atom. The van der Waals surface area contributed by atoms with E-state index in [-0.39, 0.29) is 6.04 Å². The zero-order chi connectivity index (χ0) is 15.1. The van der Waals surface area contributed by atoms with E-state index in [1.807, 2.05) is 18.3 Å². The Hall–Kier alpha value is -2.21. The zero-order valence-electron chi connectivity index (χ0n) is 12.5. The minimum atomic E-state index is 0.00700. The molecule has 0 radical (unpaired) electrons. The number of nitrogens with one attached hydrogen (secondary N) is 1. The highest BCUT2D eigenvalue weighted by molar-refractivity contribution is 5.27. The minimum absolute atomic E-state index is 0.00700. The van der Waals surface area contributed by atoms with Crippen molar-refractivity contribution in [1.29, 1.82) is 0 Å². The van der Waals surface area contributed by atoms with Gasteiger partial charge in [0.2, 0.25) is 11.8 Å². The molecule has 1 unspecified atom stereocenters. The van der Waals surface area contributed by atoms with Crippen molar-refractivity contribution in [2.45, 2.75) is 19.4 Å². The fourth-order valence-corrected chi connectivity index (χ4v) is 2.12. The third-order valence-corrected chi connectivity index (χ3v) is 3.09. The minimum Gasteiger partial charge on any atom is -0.480 e. The molecule has 6 heteroatoms. The lowest BCUT2D eigenvalue weighted by Crippen LogP contribution is -2.25. The molecule has 2 heterocycles. The number of rotatable bonds is 7. The van der Waals surface area contributed by atoms with Crippen molar-refractivity contribution in [2.75, 3.05) is 20.8 Å². The van der Waals surface area contributed by atoms with Gasteiger partial charge in [0.05, 0.1) is 26.5 Å². The van der Waals surface area contributed by atoms with Crippen molar-refractivity contribution in [3.05, 3.63) is 42.0 Å². The summed E-state index contributed by atoms with van der Waals surface area (Å²) in [6, 6.07) is 3.98. The Morgan fingerprint density at radius 2 is 2.10 bits per heavy atom. The van der Waals surface area contributed by atoms with Gasteiger partial charge in [0.15, 0.2) is 0 Å². The second kappa shape index (κ2) is 7.54. The van der Waals surface area contributed by atoms with Crippen molar-refractivity contribution >= 4 is 0 Å². The van der Waals surface area contributed by atoms with Crippen LogP contribution < -0.4 is 14.8 Å². The number of likely N-dealkylation sites (N-methyl/N-ethyl adjacent to an activating group) is 1. The largest absolute Gasteiger partial charge is 0.480 e. The van der Waals surface area contributed by atoms with E-state index in [1.54, 1.807) is 26.6 Å². The summed E-state index contributed by atoms with van der Waals surface area (Å²) in [5.41, 5.74) is 1.90. The number of nitrogens with zero attached hydrogens (tertiary/aromatic N) is 3. The molecular formula is C15H20N4O2. The third kappa shape index (κ3) is 3.88. The maximum atomic E-state index is 5.34. The maximum Gasteiger partial charge on any atom is 0.240 e. The highest BCUT2D eigenvalue weighted by Crippen LogP contribution is 2.25. The first-order chi connectivity index (χ1) is 10.3. The van der Waals surface area contributed by atoms with Crippen LogP contribution in [0.1, 0.15) is 24.2 Å². The van der Waals surface area contributed by atoms with Gasteiger partial charge in [-0.3, -0.25) is 4.98 Å². The molecule has 2 aromatic rings. The van der Waals surface area contributed by atoms with Crippen LogP contribution in [0.2, 0.25) is 0 Å². The summed E-state index contributed by atoms with van der Waals surface area (Å²) in [7, 11) is 3.14. The fraction of sp³-hybridized carbons (Fsp3) is 0.400. The Balaban J connectivity index is 2.29. The Labute approximate surface area is 124 Å². The zero-order valence-corrected chi connectivity index (χ0v) is 12.5. The van der Waals surface area contributed by atoms with Crippen LogP contribution >= 0.6 is 0 Å². The van der Waals surface area contributed by atoms with Crippen LogP contribution in [0.25, 0.3) is 0 Å². The molecule has 0 aromatic carbocycles. The van der Waals surface area contributed by atoms with Crippen molar-refractivity contribution in [2.24, 2.45) is 0 Å². The molecule has 0 aliphatic carbocycles. The van der Waals surface area contributed by atoms with Crippen molar-refractivity contribution < 1.29 is 9.47 Å². The van der Waals surface area contributed by atoms with Gasteiger partial charge in [-0.15, -0.1) is 0 Å². The number of hydrogen-bond acceptors (Lipinski definition) is 6. The predicted octanol–water partition coefficient (Wildman–Crippen LogP) is 1.78. The lowest BCUT2D eigenvalue weighted by Gasteiger charge is -2.19. The molecule has 1 N–H and O–H groups in total. The quantitative estimate of drug-likeness (QED) is 0.837. The Kier molecular flexibility index (Phi) is 5.45. The molecule has 0 aliphatic heterocycles. The lowest BCUT2D eigenvalue weighted by molar-refractivity contribution is 0.349. The van der Waals surface area contributed by atoms with Crippen molar-refractivity contribution in [3.63, 3.8) is 0 Å². The second-order valence-corrected chi connectivity index (χ2v) is 4.48. The van der Waals surface area contributed by atoms with E-state index in [9.17, 15) is 0 Å². The summed E-state index contributed by atoms with van der Waals surface area (Å²) >= 11 is 0. The van der Waals surface area contributed by atoms with E-state index >= 15 is 0 Å². The molecule has 0 bridgehead atoms. The van der Waals surface area contributed by atoms with E-state index in [4.69, 9.17) is 9.47 Å². The number of aromatic nitrogens is 3. The molecule has 21 heavy (non-hydrogen) atoms. The topological polar surface area (TPSA) is 69.2 Å². The molecule has 0 amide bonds. The second-order valence-electron chi connectivity index (χ2n) is 4.48. The van der Waals surface area contributed by atoms with Crippen LogP contribution in [0.4, 0.5) is 0 Å². The van der Waals surface area contributed by atoms with E-state index in [1.165, 1.54) is 0 Å². The Morgan fingerprint density at radius 3 is 2.71 bits per heavy atom. The molecule has 0 saturated heterocycles. The van der Waals surface area contributed by atoms with Crippen molar-refractivity contribution in [1.82, 2.24) is 20.3 Å². The maximum absolute atomic E-state index is 5.34. The summed E-state index contributed by atoms with van der Waals surface area (Å²) in [5.74, 6) is 0.913. The predicted molar refractivity (Wildman–Crippen MR) is 79.5 cm³/mol. The van der Waals surface area contributed by atoms with Gasteiger partial charge >= 0.3 is 0 Å². The molecule has 0 fully saturated rings. The first kappa shape index (κ1) is 15.2. The van der Waals surface area contributed by atoms with Gasteiger partial charge in [-0.25, -0.2) is 4.98 Å². The van der Waals surface area contributed by atoms with Crippen LogP contribution in [0, 0.1) is 0 Å². The van der Waals surface area contributed by atoms with Crippen molar-refractivity contribution in [3.8, 4) is 11.8 Å². The van der Waals surface area contributed by atoms with Crippen LogP contribution in [0.5, 0.6) is 11.8 Å². The first-order valence-electron chi connectivity index (χ1n) is 6.85. The summed E-state index contributed by atoms with van der Waals surface area (Å²) in [5, 5.41) is 3.41. The fourth-order valence-electron chi connectivity index (χ4n) is 2.12. The SMILES string of the molecule is CCNC(Cc1cccnc1)c1ncc(OC)nc1OC. The number of ether oxygens (including phenoxy) is 2. The highest BCUT2D eigenvalue weighted by Gasteiger charge is 2.19. The van der Waals surface area contributed by atoms with Gasteiger partial charge in [-0.2, -0.15) is 4.98 Å². The van der Waals surface area contributed by atoms with Gasteiger partial charge in [-0.05, 0) is 24.6 Å². The summed E-state index contributed by atoms with van der Waals surface area (Å²) in [6.07, 6.45) is 5.98. The van der Waals surface area contributed by atoms with E-state index in [0.29, 0.717) is 11.8 Å². The monoisotopic (exact) mass is 288 g/mol. The molecule has 0 saturated carbocycles. The summed E-state index contributed by atoms with van der Waals surface area (Å²) < 4.78 is 10.4. The molecule has 2 aromatic heterocycles. The average molecular weight is 288 g/mol. The smallest absolute Gasteiger partial charge is 0.240 e. The van der Waals surface area contributed by atoms with Gasteiger partial charge < -0.3 is 14.8 Å². The summed E-state index contributed by atoms with van der Waals surface area (Å²) in [6.45, 7) is 2.88. The number of pyridine rings is 1. The van der Waals surface area contributed by atoms with Gasteiger partial charge in [0, 0.05) is 12.4 Å². The van der Waals surface area contributed by atoms with Crippen LogP contribution in [-0.4, -0.2) is 35.7 Å². The normalized spacial score (nSPS) is 12.0. The molecule has 1 atom stereocenters. The summed E-state index contributed by atoms with van der Waals surface area (Å²) in [4.78, 5) is 12.9.